The number of nitrogens with one attached hydrogen (secondary N) is 1. The lowest BCUT2D eigenvalue weighted by atomic mass is 10.2. The molecule has 0 bridgehead atoms. The van der Waals surface area contributed by atoms with E-state index in [4.69, 9.17) is 5.11 Å². The van der Waals surface area contributed by atoms with E-state index in [9.17, 15) is 9.59 Å². The van der Waals surface area contributed by atoms with E-state index >= 15 is 0 Å². The van der Waals surface area contributed by atoms with Crippen LogP contribution in [0.3, 0.4) is 0 Å². The van der Waals surface area contributed by atoms with Gasteiger partial charge in [-0.3, -0.25) is 0 Å². The predicted molar refractivity (Wildman–Crippen MR) is 70.8 cm³/mol. The molecule has 6 heteroatoms. The van der Waals surface area contributed by atoms with Gasteiger partial charge >= 0.3 is 12.0 Å². The van der Waals surface area contributed by atoms with Gasteiger partial charge in [0.05, 0.1) is 0 Å². The summed E-state index contributed by atoms with van der Waals surface area (Å²) in [6, 6.07) is -0.611. The Morgan fingerprint density at radius 3 is 2.94 bits per heavy atom. The molecule has 18 heavy (non-hydrogen) atoms. The Morgan fingerprint density at radius 2 is 2.28 bits per heavy atom. The SMILES string of the molecule is CCCC1CC1NC(=O)N1CCSCC1C(=O)O. The second-order valence-corrected chi connectivity index (χ2v) is 6.11. The first-order chi connectivity index (χ1) is 8.63. The zero-order valence-electron chi connectivity index (χ0n) is 10.6. The molecule has 1 saturated heterocycles. The van der Waals surface area contributed by atoms with Crippen LogP contribution in [0.4, 0.5) is 4.79 Å². The minimum absolute atomic E-state index is 0.202. The second-order valence-electron chi connectivity index (χ2n) is 4.96. The van der Waals surface area contributed by atoms with Crippen molar-refractivity contribution in [3.63, 3.8) is 0 Å². The lowest BCUT2D eigenvalue weighted by molar-refractivity contribution is -0.141. The summed E-state index contributed by atoms with van der Waals surface area (Å²) in [6.07, 6.45) is 3.32. The van der Waals surface area contributed by atoms with Crippen LogP contribution in [0.1, 0.15) is 26.2 Å². The highest BCUT2D eigenvalue weighted by Crippen LogP contribution is 2.34. The molecule has 1 heterocycles. The minimum atomic E-state index is -0.904. The van der Waals surface area contributed by atoms with E-state index < -0.39 is 12.0 Å². The molecule has 2 amide bonds. The normalized spacial score (nSPS) is 30.9. The van der Waals surface area contributed by atoms with Gasteiger partial charge in [0.15, 0.2) is 0 Å². The maximum absolute atomic E-state index is 12.1. The predicted octanol–water partition coefficient (Wildman–Crippen LogP) is 1.39. The Kier molecular flexibility index (Phi) is 4.37. The molecule has 1 aliphatic heterocycles. The van der Waals surface area contributed by atoms with Crippen LogP contribution in [0, 0.1) is 5.92 Å². The summed E-state index contributed by atoms with van der Waals surface area (Å²) < 4.78 is 0. The van der Waals surface area contributed by atoms with E-state index in [1.54, 1.807) is 11.8 Å². The van der Waals surface area contributed by atoms with Gasteiger partial charge in [-0.25, -0.2) is 9.59 Å². The summed E-state index contributed by atoms with van der Waals surface area (Å²) in [4.78, 5) is 24.6. The first-order valence-electron chi connectivity index (χ1n) is 6.51. The summed E-state index contributed by atoms with van der Waals surface area (Å²) in [5, 5.41) is 12.1. The fraction of sp³-hybridized carbons (Fsp3) is 0.833. The number of hydrogen-bond donors (Lipinski definition) is 2. The van der Waals surface area contributed by atoms with E-state index in [1.807, 2.05) is 0 Å². The van der Waals surface area contributed by atoms with Crippen LogP contribution >= 0.6 is 11.8 Å². The molecule has 3 atom stereocenters. The van der Waals surface area contributed by atoms with Crippen LogP contribution in [0.2, 0.25) is 0 Å². The van der Waals surface area contributed by atoms with Crippen LogP contribution in [-0.2, 0) is 4.79 Å². The third-order valence-corrected chi connectivity index (χ3v) is 4.59. The zero-order chi connectivity index (χ0) is 13.1. The first-order valence-corrected chi connectivity index (χ1v) is 7.66. The van der Waals surface area contributed by atoms with Crippen molar-refractivity contribution < 1.29 is 14.7 Å². The van der Waals surface area contributed by atoms with Gasteiger partial charge in [0.25, 0.3) is 0 Å². The molecule has 2 fully saturated rings. The Balaban J connectivity index is 1.85. The fourth-order valence-corrected chi connectivity index (χ4v) is 3.45. The monoisotopic (exact) mass is 272 g/mol. The van der Waals surface area contributed by atoms with Gasteiger partial charge in [-0.15, -0.1) is 0 Å². The third-order valence-electron chi connectivity index (χ3n) is 3.57. The Labute approximate surface area is 111 Å². The fourth-order valence-electron chi connectivity index (χ4n) is 2.41. The molecule has 102 valence electrons. The van der Waals surface area contributed by atoms with Crippen molar-refractivity contribution in [2.24, 2.45) is 5.92 Å². The highest BCUT2D eigenvalue weighted by atomic mass is 32.2. The Morgan fingerprint density at radius 1 is 1.50 bits per heavy atom. The van der Waals surface area contributed by atoms with Crippen LogP contribution in [0.25, 0.3) is 0 Å². The van der Waals surface area contributed by atoms with E-state index in [-0.39, 0.29) is 12.1 Å². The summed E-state index contributed by atoms with van der Waals surface area (Å²) >= 11 is 1.59. The van der Waals surface area contributed by atoms with Gasteiger partial charge in [0.2, 0.25) is 0 Å². The summed E-state index contributed by atoms with van der Waals surface area (Å²) in [7, 11) is 0. The van der Waals surface area contributed by atoms with E-state index in [0.29, 0.717) is 18.2 Å². The van der Waals surface area contributed by atoms with Crippen molar-refractivity contribution in [3.8, 4) is 0 Å². The number of amides is 2. The highest BCUT2D eigenvalue weighted by molar-refractivity contribution is 7.99. The molecule has 0 radical (unpaired) electrons. The van der Waals surface area contributed by atoms with E-state index in [1.165, 1.54) is 4.90 Å². The number of urea groups is 1. The molecule has 5 nitrogen and oxygen atoms in total. The molecule has 0 aromatic heterocycles. The lowest BCUT2D eigenvalue weighted by Crippen LogP contribution is -2.54. The van der Waals surface area contributed by atoms with Crippen LogP contribution in [-0.4, -0.2) is 52.1 Å². The van der Waals surface area contributed by atoms with Gasteiger partial charge in [0, 0.05) is 24.1 Å². The maximum atomic E-state index is 12.1. The average Bonchev–Trinajstić information content (AvgIpc) is 3.07. The van der Waals surface area contributed by atoms with Crippen LogP contribution < -0.4 is 5.32 Å². The van der Waals surface area contributed by atoms with Crippen molar-refractivity contribution in [3.05, 3.63) is 0 Å². The number of hydrogen-bond acceptors (Lipinski definition) is 3. The molecule has 0 aromatic carbocycles. The summed E-state index contributed by atoms with van der Waals surface area (Å²) in [5.74, 6) is 1.01. The van der Waals surface area contributed by atoms with Gasteiger partial charge in [0.1, 0.15) is 6.04 Å². The molecule has 0 spiro atoms. The van der Waals surface area contributed by atoms with Crippen molar-refractivity contribution in [1.29, 1.82) is 0 Å². The highest BCUT2D eigenvalue weighted by Gasteiger charge is 2.40. The van der Waals surface area contributed by atoms with Crippen LogP contribution in [0.5, 0.6) is 0 Å². The van der Waals surface area contributed by atoms with E-state index in [2.05, 4.69) is 12.2 Å². The Bertz CT molecular complexity index is 337. The summed E-state index contributed by atoms with van der Waals surface area (Å²) in [5.41, 5.74) is 0. The molecule has 0 aromatic rings. The second kappa shape index (κ2) is 5.82. The zero-order valence-corrected chi connectivity index (χ0v) is 11.4. The van der Waals surface area contributed by atoms with Gasteiger partial charge < -0.3 is 15.3 Å². The molecule has 2 rings (SSSR count). The van der Waals surface area contributed by atoms with Crippen molar-refractivity contribution in [2.75, 3.05) is 18.1 Å². The molecule has 2 aliphatic rings. The standard InChI is InChI=1S/C12H20N2O3S/c1-2-3-8-6-9(8)13-12(17)14-4-5-18-7-10(14)11(15)16/h8-10H,2-7H2,1H3,(H,13,17)(H,15,16). The minimum Gasteiger partial charge on any atom is -0.480 e. The van der Waals surface area contributed by atoms with Crippen LogP contribution in [0.15, 0.2) is 0 Å². The number of carboxylic acids is 1. The number of rotatable bonds is 4. The number of carboxylic acid groups (broad SMARTS) is 1. The molecule has 2 N–H and O–H groups in total. The van der Waals surface area contributed by atoms with Crippen molar-refractivity contribution in [1.82, 2.24) is 10.2 Å². The average molecular weight is 272 g/mol. The number of nitrogens with zero attached hydrogens (tertiary/aromatic N) is 1. The summed E-state index contributed by atoms with van der Waals surface area (Å²) in [6.45, 7) is 2.66. The van der Waals surface area contributed by atoms with Crippen molar-refractivity contribution >= 4 is 23.8 Å². The molecular formula is C12H20N2O3S. The van der Waals surface area contributed by atoms with Gasteiger partial charge in [-0.05, 0) is 18.8 Å². The lowest BCUT2D eigenvalue weighted by Gasteiger charge is -2.32. The maximum Gasteiger partial charge on any atom is 0.327 e. The molecule has 3 unspecified atom stereocenters. The largest absolute Gasteiger partial charge is 0.480 e. The first kappa shape index (κ1) is 13.5. The third kappa shape index (κ3) is 3.10. The topological polar surface area (TPSA) is 69.6 Å². The number of carbonyl (C=O) groups excluding carboxylic acids is 1. The Hall–Kier alpha value is -0.910. The van der Waals surface area contributed by atoms with Crippen molar-refractivity contribution in [2.45, 2.75) is 38.3 Å². The number of thioether (sulfide) groups is 1. The quantitative estimate of drug-likeness (QED) is 0.811. The smallest absolute Gasteiger partial charge is 0.327 e. The molecular weight excluding hydrogens is 252 g/mol. The molecule has 1 aliphatic carbocycles. The number of carbonyl (C=O) groups is 2. The number of aliphatic carboxylic acids is 1. The van der Waals surface area contributed by atoms with E-state index in [0.717, 1.165) is 25.0 Å². The van der Waals surface area contributed by atoms with Gasteiger partial charge in [-0.2, -0.15) is 11.8 Å². The van der Waals surface area contributed by atoms with Gasteiger partial charge in [-0.1, -0.05) is 13.3 Å². The molecule has 1 saturated carbocycles.